The molecule has 1 spiro atoms. The third-order valence-corrected chi connectivity index (χ3v) is 5.03. The van der Waals surface area contributed by atoms with Crippen LogP contribution in [0.5, 0.6) is 0 Å². The first-order valence-corrected chi connectivity index (χ1v) is 7.98. The van der Waals surface area contributed by atoms with Crippen LogP contribution in [0.3, 0.4) is 0 Å². The van der Waals surface area contributed by atoms with Crippen LogP contribution in [-0.2, 0) is 11.2 Å². The molecular weight excluding hydrogens is 278 g/mol. The number of hydrogen-bond acceptors (Lipinski definition) is 3. The van der Waals surface area contributed by atoms with Gasteiger partial charge in [0.2, 0.25) is 11.8 Å². The van der Waals surface area contributed by atoms with E-state index in [4.69, 9.17) is 5.73 Å². The Hall–Kier alpha value is -1.88. The maximum Gasteiger partial charge on any atom is 0.248 e. The van der Waals surface area contributed by atoms with Crippen LogP contribution in [0.4, 0.5) is 0 Å². The zero-order chi connectivity index (χ0) is 15.6. The smallest absolute Gasteiger partial charge is 0.248 e. The molecule has 5 heteroatoms. The maximum absolute atomic E-state index is 12.2. The highest BCUT2D eigenvalue weighted by atomic mass is 16.2. The van der Waals surface area contributed by atoms with Crippen molar-refractivity contribution in [1.29, 1.82) is 0 Å². The Morgan fingerprint density at radius 2 is 2.09 bits per heavy atom. The second-order valence-corrected chi connectivity index (χ2v) is 6.47. The highest BCUT2D eigenvalue weighted by molar-refractivity contribution is 5.92. The van der Waals surface area contributed by atoms with Gasteiger partial charge in [-0.15, -0.1) is 0 Å². The maximum atomic E-state index is 12.2. The van der Waals surface area contributed by atoms with Gasteiger partial charge in [0, 0.05) is 18.0 Å². The molecule has 1 saturated carbocycles. The second kappa shape index (κ2) is 6.08. The number of rotatable bonds is 5. The van der Waals surface area contributed by atoms with E-state index in [-0.39, 0.29) is 17.2 Å². The lowest BCUT2D eigenvalue weighted by Crippen LogP contribution is -2.34. The van der Waals surface area contributed by atoms with Crippen LogP contribution in [0.2, 0.25) is 0 Å². The Bertz CT molecular complexity index is 579. The van der Waals surface area contributed by atoms with Crippen molar-refractivity contribution in [3.8, 4) is 0 Å². The number of hydrogen-bond donors (Lipinski definition) is 3. The molecule has 1 unspecified atom stereocenters. The quantitative estimate of drug-likeness (QED) is 0.753. The van der Waals surface area contributed by atoms with Gasteiger partial charge in [-0.3, -0.25) is 9.59 Å². The van der Waals surface area contributed by atoms with Crippen LogP contribution >= 0.6 is 0 Å². The molecular formula is C17H23N3O2. The van der Waals surface area contributed by atoms with Crippen LogP contribution in [0.15, 0.2) is 24.3 Å². The molecule has 1 aliphatic heterocycles. The summed E-state index contributed by atoms with van der Waals surface area (Å²) in [7, 11) is 0. The molecule has 3 rings (SSSR count). The van der Waals surface area contributed by atoms with Gasteiger partial charge in [-0.25, -0.2) is 0 Å². The molecule has 2 amide bonds. The lowest BCUT2D eigenvalue weighted by molar-refractivity contribution is -0.123. The predicted octanol–water partition coefficient (Wildman–Crippen LogP) is 0.834. The van der Waals surface area contributed by atoms with Gasteiger partial charge >= 0.3 is 0 Å². The summed E-state index contributed by atoms with van der Waals surface area (Å²) in [5, 5.41) is 6.39. The minimum absolute atomic E-state index is 0.188. The third-order valence-electron chi connectivity index (χ3n) is 5.03. The first-order chi connectivity index (χ1) is 10.6. The topological polar surface area (TPSA) is 84.2 Å². The molecule has 0 bridgehead atoms. The molecule has 1 aromatic carbocycles. The Balaban J connectivity index is 1.46. The molecule has 0 radical (unpaired) electrons. The second-order valence-electron chi connectivity index (χ2n) is 6.47. The van der Waals surface area contributed by atoms with Crippen LogP contribution in [0, 0.1) is 11.3 Å². The molecule has 118 valence electrons. The lowest BCUT2D eigenvalue weighted by Gasteiger charge is -2.23. The van der Waals surface area contributed by atoms with Crippen molar-refractivity contribution >= 4 is 11.8 Å². The van der Waals surface area contributed by atoms with Gasteiger partial charge in [-0.05, 0) is 61.9 Å². The summed E-state index contributed by atoms with van der Waals surface area (Å²) in [5.74, 6) is -0.0313. The number of piperidine rings is 1. The van der Waals surface area contributed by atoms with Gasteiger partial charge < -0.3 is 16.4 Å². The summed E-state index contributed by atoms with van der Waals surface area (Å²) in [4.78, 5) is 23.4. The van der Waals surface area contributed by atoms with Crippen molar-refractivity contribution in [2.75, 3.05) is 19.6 Å². The molecule has 5 nitrogen and oxygen atoms in total. The standard InChI is InChI=1S/C17H23N3O2/c18-15(21)13-3-1-2-12(10-13)4-7-20-16(22)14-11-17(14)5-8-19-9-6-17/h1-3,10,14,19H,4-9,11H2,(H2,18,21)(H,20,22). The van der Waals surface area contributed by atoms with Gasteiger partial charge in [0.25, 0.3) is 0 Å². The van der Waals surface area contributed by atoms with E-state index in [1.54, 1.807) is 12.1 Å². The Morgan fingerprint density at radius 1 is 1.32 bits per heavy atom. The molecule has 22 heavy (non-hydrogen) atoms. The highest BCUT2D eigenvalue weighted by Gasteiger charge is 2.57. The molecule has 1 aromatic rings. The number of carbonyl (C=O) groups is 2. The zero-order valence-electron chi connectivity index (χ0n) is 12.7. The van der Waals surface area contributed by atoms with Crippen LogP contribution in [0.1, 0.15) is 35.2 Å². The summed E-state index contributed by atoms with van der Waals surface area (Å²) in [6, 6.07) is 7.27. The fraction of sp³-hybridized carbons (Fsp3) is 0.529. The largest absolute Gasteiger partial charge is 0.366 e. The minimum Gasteiger partial charge on any atom is -0.366 e. The minimum atomic E-state index is -0.420. The van der Waals surface area contributed by atoms with Crippen LogP contribution in [-0.4, -0.2) is 31.4 Å². The van der Waals surface area contributed by atoms with Gasteiger partial charge in [0.15, 0.2) is 0 Å². The van der Waals surface area contributed by atoms with E-state index in [1.807, 2.05) is 12.1 Å². The summed E-state index contributed by atoms with van der Waals surface area (Å²) < 4.78 is 0. The Morgan fingerprint density at radius 3 is 2.82 bits per heavy atom. The zero-order valence-corrected chi connectivity index (χ0v) is 12.7. The molecule has 4 N–H and O–H groups in total. The SMILES string of the molecule is NC(=O)c1cccc(CCNC(=O)C2CC23CCNCC3)c1. The van der Waals surface area contributed by atoms with E-state index in [2.05, 4.69) is 10.6 Å². The molecule has 2 aliphatic rings. The van der Waals surface area contributed by atoms with Gasteiger partial charge in [-0.1, -0.05) is 12.1 Å². The van der Waals surface area contributed by atoms with E-state index >= 15 is 0 Å². The van der Waals surface area contributed by atoms with Crippen LogP contribution < -0.4 is 16.4 Å². The van der Waals surface area contributed by atoms with Crippen molar-refractivity contribution in [1.82, 2.24) is 10.6 Å². The number of carbonyl (C=O) groups excluding carboxylic acids is 2. The normalized spacial score (nSPS) is 22.3. The number of benzene rings is 1. The molecule has 1 saturated heterocycles. The summed E-state index contributed by atoms with van der Waals surface area (Å²) in [6.07, 6.45) is 3.99. The van der Waals surface area contributed by atoms with Crippen molar-refractivity contribution in [2.45, 2.75) is 25.7 Å². The average Bonchev–Trinajstić information content (AvgIpc) is 3.21. The number of nitrogens with one attached hydrogen (secondary N) is 2. The van der Waals surface area contributed by atoms with Gasteiger partial charge in [0.1, 0.15) is 0 Å². The van der Waals surface area contributed by atoms with Crippen molar-refractivity contribution < 1.29 is 9.59 Å². The summed E-state index contributed by atoms with van der Waals surface area (Å²) >= 11 is 0. The predicted molar refractivity (Wildman–Crippen MR) is 84.3 cm³/mol. The van der Waals surface area contributed by atoms with E-state index in [1.165, 1.54) is 0 Å². The molecule has 1 heterocycles. The molecule has 1 aliphatic carbocycles. The first-order valence-electron chi connectivity index (χ1n) is 7.98. The lowest BCUT2D eigenvalue weighted by atomic mass is 9.92. The third kappa shape index (κ3) is 3.14. The number of primary amides is 1. The average molecular weight is 301 g/mol. The Kier molecular flexibility index (Phi) is 4.16. The number of nitrogens with two attached hydrogens (primary N) is 1. The van der Waals surface area contributed by atoms with Crippen LogP contribution in [0.25, 0.3) is 0 Å². The number of amides is 2. The monoisotopic (exact) mass is 301 g/mol. The van der Waals surface area contributed by atoms with Crippen molar-refractivity contribution in [3.63, 3.8) is 0 Å². The first kappa shape index (κ1) is 15.0. The van der Waals surface area contributed by atoms with E-state index < -0.39 is 5.91 Å². The fourth-order valence-electron chi connectivity index (χ4n) is 3.53. The van der Waals surface area contributed by atoms with E-state index in [0.717, 1.165) is 37.9 Å². The highest BCUT2D eigenvalue weighted by Crippen LogP contribution is 2.58. The van der Waals surface area contributed by atoms with E-state index in [0.29, 0.717) is 18.5 Å². The molecule has 2 fully saturated rings. The van der Waals surface area contributed by atoms with Crippen molar-refractivity contribution in [3.05, 3.63) is 35.4 Å². The molecule has 1 atom stereocenters. The van der Waals surface area contributed by atoms with Gasteiger partial charge in [-0.2, -0.15) is 0 Å². The van der Waals surface area contributed by atoms with E-state index in [9.17, 15) is 9.59 Å². The Labute approximate surface area is 130 Å². The summed E-state index contributed by atoms with van der Waals surface area (Å²) in [6.45, 7) is 2.67. The fourth-order valence-corrected chi connectivity index (χ4v) is 3.53. The molecule has 0 aromatic heterocycles. The van der Waals surface area contributed by atoms with Gasteiger partial charge in [0.05, 0.1) is 0 Å². The summed E-state index contributed by atoms with van der Waals surface area (Å²) in [5.41, 5.74) is 7.08. The van der Waals surface area contributed by atoms with Crippen molar-refractivity contribution in [2.24, 2.45) is 17.1 Å².